The molecule has 6 heteroatoms. The van der Waals surface area contributed by atoms with Gasteiger partial charge >= 0.3 is 5.97 Å². The number of aromatic hydroxyl groups is 1. The summed E-state index contributed by atoms with van der Waals surface area (Å²) in [6.07, 6.45) is 1.29. The second-order valence-electron chi connectivity index (χ2n) is 8.07. The van der Waals surface area contributed by atoms with E-state index in [0.717, 1.165) is 39.1 Å². The number of aromatic carboxylic acids is 1. The van der Waals surface area contributed by atoms with Crippen LogP contribution < -0.4 is 9.64 Å². The van der Waals surface area contributed by atoms with Gasteiger partial charge in [-0.2, -0.15) is 0 Å². The van der Waals surface area contributed by atoms with Gasteiger partial charge in [0, 0.05) is 12.0 Å². The van der Waals surface area contributed by atoms with Crippen LogP contribution in [-0.2, 0) is 6.42 Å². The number of nitrogens with zero attached hydrogens (tertiary/aromatic N) is 1. The SMILES string of the molecule is Cc1cc(C)c(N(C=S)C2(C)CCc3c(C)c(O)c(C)c(C)c3O2)c(C(=O)O)c1. The molecule has 1 aliphatic heterocycles. The summed E-state index contributed by atoms with van der Waals surface area (Å²) in [6, 6.07) is 3.61. The van der Waals surface area contributed by atoms with Crippen LogP contribution in [0.15, 0.2) is 12.1 Å². The molecule has 0 bridgehead atoms. The molecule has 0 saturated heterocycles. The zero-order chi connectivity index (χ0) is 21.7. The lowest BCUT2D eigenvalue weighted by molar-refractivity contribution is 0.0684. The smallest absolute Gasteiger partial charge is 0.337 e. The van der Waals surface area contributed by atoms with Crippen LogP contribution in [0.1, 0.15) is 57.1 Å². The van der Waals surface area contributed by atoms with Gasteiger partial charge in [-0.05, 0) is 81.8 Å². The zero-order valence-electron chi connectivity index (χ0n) is 17.7. The van der Waals surface area contributed by atoms with E-state index in [4.69, 9.17) is 17.0 Å². The predicted molar refractivity (Wildman–Crippen MR) is 119 cm³/mol. The predicted octanol–water partition coefficient (Wildman–Crippen LogP) is 5.14. The third-order valence-electron chi connectivity index (χ3n) is 6.03. The highest BCUT2D eigenvalue weighted by atomic mass is 32.1. The number of hydrogen-bond acceptors (Lipinski definition) is 4. The van der Waals surface area contributed by atoms with E-state index >= 15 is 0 Å². The maximum absolute atomic E-state index is 12.0. The van der Waals surface area contributed by atoms with Gasteiger partial charge in [-0.3, -0.25) is 4.90 Å². The summed E-state index contributed by atoms with van der Waals surface area (Å²) in [5, 5.41) is 20.2. The molecule has 0 saturated carbocycles. The Morgan fingerprint density at radius 1 is 1.17 bits per heavy atom. The minimum atomic E-state index is -0.999. The third kappa shape index (κ3) is 3.35. The molecule has 1 heterocycles. The number of carboxylic acids is 1. The van der Waals surface area contributed by atoms with Crippen LogP contribution in [0.4, 0.5) is 5.69 Å². The monoisotopic (exact) mass is 413 g/mol. The van der Waals surface area contributed by atoms with Gasteiger partial charge in [0.1, 0.15) is 11.5 Å². The van der Waals surface area contributed by atoms with E-state index in [0.29, 0.717) is 24.3 Å². The van der Waals surface area contributed by atoms with Gasteiger partial charge in [0.2, 0.25) is 0 Å². The fourth-order valence-corrected chi connectivity index (χ4v) is 4.58. The highest BCUT2D eigenvalue weighted by Crippen LogP contribution is 2.45. The summed E-state index contributed by atoms with van der Waals surface area (Å²) in [7, 11) is 0. The molecule has 3 rings (SSSR count). The zero-order valence-corrected chi connectivity index (χ0v) is 18.5. The molecule has 2 N–H and O–H groups in total. The molecule has 2 aromatic carbocycles. The number of rotatable bonds is 4. The van der Waals surface area contributed by atoms with E-state index in [2.05, 4.69) is 0 Å². The lowest BCUT2D eigenvalue weighted by Crippen LogP contribution is -2.53. The summed E-state index contributed by atoms with van der Waals surface area (Å²) >= 11 is 5.34. The molecule has 0 radical (unpaired) electrons. The number of hydrogen-bond donors (Lipinski definition) is 2. The topological polar surface area (TPSA) is 70.0 Å². The lowest BCUT2D eigenvalue weighted by atomic mass is 9.89. The van der Waals surface area contributed by atoms with E-state index in [1.54, 1.807) is 11.0 Å². The number of phenolic OH excluding ortho intramolecular Hbond substituents is 1. The summed E-state index contributed by atoms with van der Waals surface area (Å²) in [6.45, 7) is 11.4. The number of anilines is 1. The van der Waals surface area contributed by atoms with Crippen LogP contribution in [0, 0.1) is 34.6 Å². The molecule has 0 amide bonds. The molecule has 1 unspecified atom stereocenters. The third-order valence-corrected chi connectivity index (χ3v) is 6.24. The standard InChI is InChI=1S/C23H27NO4S/c1-12-9-13(2)19(18(10-12)22(26)27)24(11-29)23(6)8-7-17-16(5)20(25)14(3)15(4)21(17)28-23/h9-11,25H,7-8H2,1-6H3,(H,26,27). The van der Waals surface area contributed by atoms with Crippen LogP contribution >= 0.6 is 12.2 Å². The first-order valence-electron chi connectivity index (χ1n) is 9.61. The lowest BCUT2D eigenvalue weighted by Gasteiger charge is -2.45. The van der Waals surface area contributed by atoms with Crippen molar-refractivity contribution in [2.75, 3.05) is 4.90 Å². The molecule has 0 spiro atoms. The van der Waals surface area contributed by atoms with Gasteiger partial charge in [0.05, 0.1) is 16.7 Å². The fourth-order valence-electron chi connectivity index (χ4n) is 4.25. The van der Waals surface area contributed by atoms with E-state index < -0.39 is 11.7 Å². The summed E-state index contributed by atoms with van der Waals surface area (Å²) in [5.41, 5.74) is 6.59. The van der Waals surface area contributed by atoms with Gasteiger partial charge in [-0.1, -0.05) is 18.3 Å². The Morgan fingerprint density at radius 2 is 1.83 bits per heavy atom. The van der Waals surface area contributed by atoms with Crippen molar-refractivity contribution < 1.29 is 19.7 Å². The normalized spacial score (nSPS) is 18.0. The summed E-state index contributed by atoms with van der Waals surface area (Å²) in [4.78, 5) is 13.7. The molecule has 0 aromatic heterocycles. The Hall–Kier alpha value is -2.60. The minimum absolute atomic E-state index is 0.203. The highest BCUT2D eigenvalue weighted by molar-refractivity contribution is 7.79. The van der Waals surface area contributed by atoms with Crippen molar-refractivity contribution in [3.8, 4) is 11.5 Å². The van der Waals surface area contributed by atoms with E-state index in [1.165, 1.54) is 5.49 Å². The van der Waals surface area contributed by atoms with Crippen molar-refractivity contribution in [2.45, 2.75) is 60.1 Å². The van der Waals surface area contributed by atoms with Crippen LogP contribution in [0.5, 0.6) is 11.5 Å². The first-order chi connectivity index (χ1) is 13.5. The molecule has 1 aliphatic rings. The van der Waals surface area contributed by atoms with Crippen molar-refractivity contribution in [3.05, 3.63) is 51.1 Å². The number of aryl methyl sites for hydroxylation is 2. The minimum Gasteiger partial charge on any atom is -0.507 e. The van der Waals surface area contributed by atoms with Crippen LogP contribution in [-0.4, -0.2) is 27.4 Å². The van der Waals surface area contributed by atoms with Gasteiger partial charge in [-0.15, -0.1) is 0 Å². The number of thiocarbonyl (C=S) groups is 1. The first-order valence-corrected chi connectivity index (χ1v) is 10.1. The van der Waals surface area contributed by atoms with E-state index in [9.17, 15) is 15.0 Å². The maximum Gasteiger partial charge on any atom is 0.337 e. The van der Waals surface area contributed by atoms with E-state index in [-0.39, 0.29) is 5.56 Å². The Labute approximate surface area is 176 Å². The molecular formula is C23H27NO4S. The Bertz CT molecular complexity index is 1030. The van der Waals surface area contributed by atoms with Crippen molar-refractivity contribution in [1.29, 1.82) is 0 Å². The molecular weight excluding hydrogens is 386 g/mol. The number of fused-ring (bicyclic) bond motifs is 1. The quantitative estimate of drug-likeness (QED) is 0.677. The molecule has 1 atom stereocenters. The first kappa shape index (κ1) is 21.1. The number of phenols is 1. The van der Waals surface area contributed by atoms with Gasteiger partial charge in [0.25, 0.3) is 0 Å². The average molecular weight is 414 g/mol. The van der Waals surface area contributed by atoms with Gasteiger partial charge in [-0.25, -0.2) is 4.79 Å². The van der Waals surface area contributed by atoms with E-state index in [1.807, 2.05) is 47.6 Å². The highest BCUT2D eigenvalue weighted by Gasteiger charge is 2.41. The Morgan fingerprint density at radius 3 is 2.41 bits per heavy atom. The Kier molecular flexibility index (Phi) is 5.34. The number of carboxylic acid groups (broad SMARTS) is 1. The number of benzene rings is 2. The molecule has 29 heavy (non-hydrogen) atoms. The van der Waals surface area contributed by atoms with Crippen LogP contribution in [0.2, 0.25) is 0 Å². The van der Waals surface area contributed by atoms with Crippen molar-refractivity contribution in [2.24, 2.45) is 0 Å². The second kappa shape index (κ2) is 7.34. The molecule has 0 fully saturated rings. The van der Waals surface area contributed by atoms with Crippen molar-refractivity contribution in [3.63, 3.8) is 0 Å². The molecule has 2 aromatic rings. The van der Waals surface area contributed by atoms with Crippen molar-refractivity contribution in [1.82, 2.24) is 0 Å². The second-order valence-corrected chi connectivity index (χ2v) is 8.28. The summed E-state index contributed by atoms with van der Waals surface area (Å²) < 4.78 is 6.52. The van der Waals surface area contributed by atoms with Crippen molar-refractivity contribution >= 4 is 29.4 Å². The fraction of sp³-hybridized carbons (Fsp3) is 0.391. The summed E-state index contributed by atoms with van der Waals surface area (Å²) in [5.74, 6) is 0.0546. The molecule has 0 aliphatic carbocycles. The van der Waals surface area contributed by atoms with Gasteiger partial charge in [0.15, 0.2) is 5.72 Å². The van der Waals surface area contributed by atoms with Crippen LogP contribution in [0.3, 0.4) is 0 Å². The maximum atomic E-state index is 12.0. The number of ether oxygens (including phenoxy) is 1. The number of carbonyl (C=O) groups is 1. The molecule has 5 nitrogen and oxygen atoms in total. The molecule has 154 valence electrons. The van der Waals surface area contributed by atoms with Crippen LogP contribution in [0.25, 0.3) is 0 Å². The van der Waals surface area contributed by atoms with Gasteiger partial charge < -0.3 is 14.9 Å². The average Bonchev–Trinajstić information content (AvgIpc) is 2.66. The largest absolute Gasteiger partial charge is 0.507 e. The Balaban J connectivity index is 2.17.